The van der Waals surface area contributed by atoms with Crippen LogP contribution >= 0.6 is 11.3 Å². The molecule has 0 radical (unpaired) electrons. The summed E-state index contributed by atoms with van der Waals surface area (Å²) in [7, 11) is 0. The number of aromatic nitrogens is 1. The Morgan fingerprint density at radius 2 is 2.23 bits per heavy atom. The second-order valence-electron chi connectivity index (χ2n) is 5.79. The van der Waals surface area contributed by atoms with E-state index >= 15 is 0 Å². The molecule has 22 heavy (non-hydrogen) atoms. The van der Waals surface area contributed by atoms with Crippen LogP contribution in [0.25, 0.3) is 10.9 Å². The molecule has 3 heterocycles. The van der Waals surface area contributed by atoms with Crippen molar-refractivity contribution in [2.24, 2.45) is 0 Å². The minimum atomic E-state index is 0.697. The van der Waals surface area contributed by atoms with Crippen LogP contribution in [0.3, 0.4) is 0 Å². The van der Waals surface area contributed by atoms with E-state index in [-0.39, 0.29) is 0 Å². The van der Waals surface area contributed by atoms with Gasteiger partial charge in [0.1, 0.15) is 6.61 Å². The number of aryl methyl sites for hydroxylation is 1. The Kier molecular flexibility index (Phi) is 3.56. The van der Waals surface area contributed by atoms with Crippen LogP contribution in [0.4, 0.5) is 0 Å². The first kappa shape index (κ1) is 13.7. The van der Waals surface area contributed by atoms with Gasteiger partial charge in [-0.3, -0.25) is 4.90 Å². The Labute approximate surface area is 134 Å². The third-order valence-electron chi connectivity index (χ3n) is 4.01. The highest BCUT2D eigenvalue weighted by molar-refractivity contribution is 7.09. The normalized spacial score (nSPS) is 15.3. The summed E-state index contributed by atoms with van der Waals surface area (Å²) in [4.78, 5) is 8.53. The lowest BCUT2D eigenvalue weighted by molar-refractivity contribution is 0.219. The molecule has 0 spiro atoms. The maximum atomic E-state index is 5.89. The molecule has 0 N–H and O–H groups in total. The fraction of sp³-hybridized carbons (Fsp3) is 0.278. The molecule has 4 rings (SSSR count). The number of nitrogens with zero attached hydrogens (tertiary/aromatic N) is 2. The zero-order chi connectivity index (χ0) is 14.9. The van der Waals surface area contributed by atoms with Crippen LogP contribution in [-0.2, 0) is 13.1 Å². The molecule has 4 heteroatoms. The minimum Gasteiger partial charge on any atom is -0.476 e. The summed E-state index contributed by atoms with van der Waals surface area (Å²) in [6.07, 6.45) is 0. The zero-order valence-corrected chi connectivity index (χ0v) is 13.4. The molecule has 1 aliphatic rings. The first-order valence-electron chi connectivity index (χ1n) is 7.56. The van der Waals surface area contributed by atoms with E-state index in [1.807, 2.05) is 11.3 Å². The van der Waals surface area contributed by atoms with Crippen molar-refractivity contribution < 1.29 is 4.74 Å². The van der Waals surface area contributed by atoms with Crippen molar-refractivity contribution >= 4 is 22.2 Å². The molecule has 1 aliphatic heterocycles. The lowest BCUT2D eigenvalue weighted by atomic mass is 10.1. The standard InChI is InChI=1S/C18H18N2OS/c1-13-4-5-17-14(9-13)10-15-11-20(6-7-21-18(15)19-17)12-16-3-2-8-22-16/h2-5,8-10H,6-7,11-12H2,1H3. The summed E-state index contributed by atoms with van der Waals surface area (Å²) >= 11 is 1.81. The molecule has 3 aromatic rings. The van der Waals surface area contributed by atoms with E-state index in [0.717, 1.165) is 31.0 Å². The lowest BCUT2D eigenvalue weighted by Crippen LogP contribution is -2.24. The van der Waals surface area contributed by atoms with Gasteiger partial charge < -0.3 is 4.74 Å². The van der Waals surface area contributed by atoms with Gasteiger partial charge in [-0.1, -0.05) is 17.7 Å². The van der Waals surface area contributed by atoms with E-state index < -0.39 is 0 Å². The van der Waals surface area contributed by atoms with Crippen LogP contribution in [0.15, 0.2) is 41.8 Å². The van der Waals surface area contributed by atoms with Gasteiger partial charge in [-0.05, 0) is 36.6 Å². The number of hydrogen-bond donors (Lipinski definition) is 0. The molecule has 0 bridgehead atoms. The average Bonchev–Trinajstić information content (AvgIpc) is 2.92. The van der Waals surface area contributed by atoms with Gasteiger partial charge in [-0.25, -0.2) is 4.98 Å². The molecule has 2 aromatic heterocycles. The van der Waals surface area contributed by atoms with Crippen LogP contribution < -0.4 is 4.74 Å². The van der Waals surface area contributed by atoms with Crippen LogP contribution in [-0.4, -0.2) is 23.0 Å². The summed E-state index contributed by atoms with van der Waals surface area (Å²) in [5, 5.41) is 3.33. The van der Waals surface area contributed by atoms with Gasteiger partial charge in [-0.2, -0.15) is 0 Å². The lowest BCUT2D eigenvalue weighted by Gasteiger charge is -2.18. The molecule has 0 saturated heterocycles. The van der Waals surface area contributed by atoms with E-state index in [1.165, 1.54) is 21.4 Å². The van der Waals surface area contributed by atoms with Gasteiger partial charge in [-0.15, -0.1) is 11.3 Å². The van der Waals surface area contributed by atoms with E-state index in [9.17, 15) is 0 Å². The van der Waals surface area contributed by atoms with Crippen LogP contribution in [0.1, 0.15) is 16.0 Å². The predicted molar refractivity (Wildman–Crippen MR) is 90.4 cm³/mol. The quantitative estimate of drug-likeness (QED) is 0.715. The maximum absolute atomic E-state index is 5.89. The molecule has 0 aliphatic carbocycles. The highest BCUT2D eigenvalue weighted by Crippen LogP contribution is 2.27. The Bertz CT molecular complexity index is 798. The second kappa shape index (κ2) is 5.71. The number of benzene rings is 1. The molecule has 112 valence electrons. The van der Waals surface area contributed by atoms with E-state index in [1.54, 1.807) is 0 Å². The largest absolute Gasteiger partial charge is 0.476 e. The molecule has 0 fully saturated rings. The first-order valence-corrected chi connectivity index (χ1v) is 8.44. The Balaban J connectivity index is 1.67. The van der Waals surface area contributed by atoms with Crippen LogP contribution in [0.5, 0.6) is 5.88 Å². The average molecular weight is 310 g/mol. The van der Waals surface area contributed by atoms with Crippen molar-refractivity contribution in [3.8, 4) is 5.88 Å². The molecular weight excluding hydrogens is 292 g/mol. The van der Waals surface area contributed by atoms with E-state index in [4.69, 9.17) is 9.72 Å². The van der Waals surface area contributed by atoms with Crippen molar-refractivity contribution in [2.75, 3.05) is 13.2 Å². The number of thiophene rings is 1. The Morgan fingerprint density at radius 3 is 3.09 bits per heavy atom. The summed E-state index contributed by atoms with van der Waals surface area (Å²) in [6.45, 7) is 5.62. The number of fused-ring (bicyclic) bond motifs is 2. The number of ether oxygens (including phenoxy) is 1. The third kappa shape index (κ3) is 2.72. The second-order valence-corrected chi connectivity index (χ2v) is 6.82. The van der Waals surface area contributed by atoms with Crippen molar-refractivity contribution in [1.82, 2.24) is 9.88 Å². The van der Waals surface area contributed by atoms with Crippen LogP contribution in [0.2, 0.25) is 0 Å². The summed E-state index contributed by atoms with van der Waals surface area (Å²) in [6, 6.07) is 12.9. The summed E-state index contributed by atoms with van der Waals surface area (Å²) in [5.74, 6) is 0.796. The molecule has 0 unspecified atom stereocenters. The van der Waals surface area contributed by atoms with Gasteiger partial charge in [0.25, 0.3) is 0 Å². The fourth-order valence-corrected chi connectivity index (χ4v) is 3.66. The van der Waals surface area contributed by atoms with Crippen molar-refractivity contribution in [3.63, 3.8) is 0 Å². The molecule has 0 saturated carbocycles. The van der Waals surface area contributed by atoms with Crippen molar-refractivity contribution in [3.05, 3.63) is 57.8 Å². The maximum Gasteiger partial charge on any atom is 0.218 e. The van der Waals surface area contributed by atoms with Gasteiger partial charge >= 0.3 is 0 Å². The number of pyridine rings is 1. The number of rotatable bonds is 2. The van der Waals surface area contributed by atoms with Crippen LogP contribution in [0, 0.1) is 6.92 Å². The van der Waals surface area contributed by atoms with Gasteiger partial charge in [0.2, 0.25) is 5.88 Å². The molecule has 1 aromatic carbocycles. The van der Waals surface area contributed by atoms with Crippen molar-refractivity contribution in [1.29, 1.82) is 0 Å². The molecule has 0 amide bonds. The van der Waals surface area contributed by atoms with Gasteiger partial charge in [0.15, 0.2) is 0 Å². The highest BCUT2D eigenvalue weighted by Gasteiger charge is 2.17. The van der Waals surface area contributed by atoms with Crippen molar-refractivity contribution in [2.45, 2.75) is 20.0 Å². The van der Waals surface area contributed by atoms with Gasteiger partial charge in [0.05, 0.1) is 5.52 Å². The minimum absolute atomic E-state index is 0.697. The highest BCUT2D eigenvalue weighted by atomic mass is 32.1. The Hall–Kier alpha value is -1.91. The SMILES string of the molecule is Cc1ccc2nc3c(cc2c1)CN(Cc1cccs1)CCO3. The molecular formula is C18H18N2OS. The Morgan fingerprint density at radius 1 is 1.27 bits per heavy atom. The van der Waals surface area contributed by atoms with E-state index in [2.05, 4.69) is 53.6 Å². The predicted octanol–water partition coefficient (Wildman–Crippen LogP) is 4.00. The van der Waals surface area contributed by atoms with Gasteiger partial charge in [0, 0.05) is 35.5 Å². The molecule has 3 nitrogen and oxygen atoms in total. The monoisotopic (exact) mass is 310 g/mol. The summed E-state index contributed by atoms with van der Waals surface area (Å²) < 4.78 is 5.89. The third-order valence-corrected chi connectivity index (χ3v) is 4.87. The first-order chi connectivity index (χ1) is 10.8. The zero-order valence-electron chi connectivity index (χ0n) is 12.6. The van der Waals surface area contributed by atoms with E-state index in [0.29, 0.717) is 6.61 Å². The smallest absolute Gasteiger partial charge is 0.218 e. The summed E-state index contributed by atoms with van der Waals surface area (Å²) in [5.41, 5.74) is 3.46. The number of hydrogen-bond acceptors (Lipinski definition) is 4. The topological polar surface area (TPSA) is 25.4 Å². The fourth-order valence-electron chi connectivity index (χ4n) is 2.91. The molecule has 0 atom stereocenters.